The molecule has 138 valence electrons. The summed E-state index contributed by atoms with van der Waals surface area (Å²) in [6.07, 6.45) is 7.74. The first-order valence-electron chi connectivity index (χ1n) is 9.20. The molecule has 1 amide bonds. The topological polar surface area (TPSA) is 59.8 Å². The molecule has 1 aromatic heterocycles. The third-order valence-electron chi connectivity index (χ3n) is 4.61. The number of amides is 1. The smallest absolute Gasteiger partial charge is 0.230 e. The molecular formula is C20H26N4OS. The lowest BCUT2D eigenvalue weighted by molar-refractivity contribution is -0.119. The third-order valence-corrected chi connectivity index (χ3v) is 5.57. The van der Waals surface area contributed by atoms with Crippen molar-refractivity contribution >= 4 is 17.7 Å². The molecular weight excluding hydrogens is 344 g/mol. The first kappa shape index (κ1) is 18.7. The van der Waals surface area contributed by atoms with Crippen molar-refractivity contribution in [2.45, 2.75) is 56.8 Å². The molecule has 2 aromatic rings. The number of allylic oxidation sites excluding steroid dienone is 1. The highest BCUT2D eigenvalue weighted by Crippen LogP contribution is 2.25. The lowest BCUT2D eigenvalue weighted by Crippen LogP contribution is -2.37. The molecule has 0 aliphatic heterocycles. The number of thioether (sulfide) groups is 1. The largest absolute Gasteiger partial charge is 0.353 e. The Hall–Kier alpha value is -2.08. The van der Waals surface area contributed by atoms with Gasteiger partial charge >= 0.3 is 0 Å². The van der Waals surface area contributed by atoms with Crippen molar-refractivity contribution in [2.75, 3.05) is 5.75 Å². The van der Waals surface area contributed by atoms with Crippen molar-refractivity contribution in [3.8, 4) is 11.4 Å². The van der Waals surface area contributed by atoms with Crippen molar-refractivity contribution < 1.29 is 4.79 Å². The molecule has 1 aliphatic carbocycles. The van der Waals surface area contributed by atoms with E-state index in [1.54, 1.807) is 0 Å². The summed E-state index contributed by atoms with van der Waals surface area (Å²) < 4.78 is 2.01. The fourth-order valence-corrected chi connectivity index (χ4v) is 4.09. The van der Waals surface area contributed by atoms with Crippen LogP contribution in [0.5, 0.6) is 0 Å². The van der Waals surface area contributed by atoms with Gasteiger partial charge in [0.25, 0.3) is 0 Å². The molecule has 1 heterocycles. The van der Waals surface area contributed by atoms with Gasteiger partial charge < -0.3 is 5.32 Å². The number of nitrogens with one attached hydrogen (secondary N) is 1. The monoisotopic (exact) mass is 370 g/mol. The molecule has 1 N–H and O–H groups in total. The van der Waals surface area contributed by atoms with E-state index in [0.717, 1.165) is 29.4 Å². The van der Waals surface area contributed by atoms with Gasteiger partial charge in [-0.3, -0.25) is 9.36 Å². The van der Waals surface area contributed by atoms with E-state index in [2.05, 4.69) is 41.1 Å². The van der Waals surface area contributed by atoms with Crippen LogP contribution in [0.3, 0.4) is 0 Å². The van der Waals surface area contributed by atoms with Gasteiger partial charge in [0.2, 0.25) is 5.91 Å². The van der Waals surface area contributed by atoms with E-state index in [-0.39, 0.29) is 5.91 Å². The van der Waals surface area contributed by atoms with Crippen LogP contribution in [0.15, 0.2) is 42.1 Å². The predicted octanol–water partition coefficient (Wildman–Crippen LogP) is 3.98. The molecule has 5 nitrogen and oxygen atoms in total. The Morgan fingerprint density at radius 2 is 2.15 bits per heavy atom. The number of hydrogen-bond acceptors (Lipinski definition) is 4. The molecule has 3 rings (SSSR count). The van der Waals surface area contributed by atoms with Crippen LogP contribution in [0.1, 0.15) is 37.7 Å². The minimum Gasteiger partial charge on any atom is -0.353 e. The maximum atomic E-state index is 12.3. The van der Waals surface area contributed by atoms with Crippen LogP contribution in [-0.2, 0) is 11.3 Å². The van der Waals surface area contributed by atoms with Crippen LogP contribution in [0.2, 0.25) is 0 Å². The van der Waals surface area contributed by atoms with Gasteiger partial charge in [-0.25, -0.2) is 0 Å². The van der Waals surface area contributed by atoms with Gasteiger partial charge in [-0.1, -0.05) is 60.9 Å². The van der Waals surface area contributed by atoms with E-state index >= 15 is 0 Å². The lowest BCUT2D eigenvalue weighted by atomic mass is 9.95. The van der Waals surface area contributed by atoms with Crippen LogP contribution in [0, 0.1) is 6.92 Å². The number of hydrogen-bond donors (Lipinski definition) is 1. The van der Waals surface area contributed by atoms with Gasteiger partial charge in [0.1, 0.15) is 0 Å². The molecule has 1 fully saturated rings. The summed E-state index contributed by atoms with van der Waals surface area (Å²) in [5.41, 5.74) is 2.20. The Labute approximate surface area is 159 Å². The average Bonchev–Trinajstić information content (AvgIpc) is 3.04. The van der Waals surface area contributed by atoms with E-state index in [1.165, 1.54) is 36.6 Å². The highest BCUT2D eigenvalue weighted by Gasteiger charge is 2.18. The van der Waals surface area contributed by atoms with Crippen LogP contribution in [-0.4, -0.2) is 32.5 Å². The highest BCUT2D eigenvalue weighted by molar-refractivity contribution is 7.99. The normalized spacial score (nSPS) is 15.0. The van der Waals surface area contributed by atoms with Crippen molar-refractivity contribution in [3.63, 3.8) is 0 Å². The maximum Gasteiger partial charge on any atom is 0.230 e. The van der Waals surface area contributed by atoms with Gasteiger partial charge in [0.15, 0.2) is 11.0 Å². The Kier molecular flexibility index (Phi) is 6.50. The van der Waals surface area contributed by atoms with Crippen LogP contribution < -0.4 is 5.32 Å². The Bertz CT molecular complexity index is 765. The molecule has 1 aromatic carbocycles. The highest BCUT2D eigenvalue weighted by atomic mass is 32.2. The molecule has 0 saturated heterocycles. The van der Waals surface area contributed by atoms with E-state index in [0.29, 0.717) is 18.3 Å². The lowest BCUT2D eigenvalue weighted by Gasteiger charge is -2.22. The zero-order valence-corrected chi connectivity index (χ0v) is 16.1. The maximum absolute atomic E-state index is 12.3. The van der Waals surface area contributed by atoms with Gasteiger partial charge in [0, 0.05) is 18.2 Å². The summed E-state index contributed by atoms with van der Waals surface area (Å²) in [6, 6.07) is 8.53. The van der Waals surface area contributed by atoms with Crippen molar-refractivity contribution in [1.82, 2.24) is 20.1 Å². The number of aryl methyl sites for hydroxylation is 1. The number of benzene rings is 1. The van der Waals surface area contributed by atoms with Crippen molar-refractivity contribution in [1.29, 1.82) is 0 Å². The molecule has 26 heavy (non-hydrogen) atoms. The van der Waals surface area contributed by atoms with Crippen LogP contribution in [0.25, 0.3) is 11.4 Å². The first-order valence-corrected chi connectivity index (χ1v) is 10.2. The minimum atomic E-state index is 0.0761. The van der Waals surface area contributed by atoms with Crippen LogP contribution >= 0.6 is 11.8 Å². The van der Waals surface area contributed by atoms with Crippen LogP contribution in [0.4, 0.5) is 0 Å². The molecule has 6 heteroatoms. The second-order valence-corrected chi connectivity index (χ2v) is 7.71. The predicted molar refractivity (Wildman–Crippen MR) is 106 cm³/mol. The molecule has 0 atom stereocenters. The summed E-state index contributed by atoms with van der Waals surface area (Å²) in [5.74, 6) is 1.25. The third kappa shape index (κ3) is 4.75. The zero-order chi connectivity index (χ0) is 18.4. The van der Waals surface area contributed by atoms with E-state index in [9.17, 15) is 4.79 Å². The Morgan fingerprint density at radius 3 is 2.88 bits per heavy atom. The number of nitrogens with zero attached hydrogens (tertiary/aromatic N) is 3. The second kappa shape index (κ2) is 9.03. The molecule has 1 aliphatic rings. The van der Waals surface area contributed by atoms with Gasteiger partial charge in [-0.2, -0.15) is 0 Å². The van der Waals surface area contributed by atoms with E-state index in [4.69, 9.17) is 0 Å². The minimum absolute atomic E-state index is 0.0761. The molecule has 0 radical (unpaired) electrons. The number of carbonyl (C=O) groups excluding carboxylic acids is 1. The van der Waals surface area contributed by atoms with Crippen molar-refractivity contribution in [2.24, 2.45) is 0 Å². The average molecular weight is 371 g/mol. The standard InChI is InChI=1S/C20H26N4OS/c1-3-12-24-19(16-9-7-8-15(2)13-16)22-23-20(24)26-14-18(25)21-17-10-5-4-6-11-17/h3,7-9,13,17H,1,4-6,10-12,14H2,2H3,(H,21,25). The quantitative estimate of drug-likeness (QED) is 0.591. The fourth-order valence-electron chi connectivity index (χ4n) is 3.33. The van der Waals surface area contributed by atoms with E-state index < -0.39 is 0 Å². The first-order chi connectivity index (χ1) is 12.7. The second-order valence-electron chi connectivity index (χ2n) is 6.77. The zero-order valence-electron chi connectivity index (χ0n) is 15.3. The molecule has 0 spiro atoms. The Balaban J connectivity index is 1.67. The van der Waals surface area contributed by atoms with Gasteiger partial charge in [0.05, 0.1) is 5.75 Å². The molecule has 0 unspecified atom stereocenters. The number of carbonyl (C=O) groups is 1. The SMILES string of the molecule is C=CCn1c(SCC(=O)NC2CCCCC2)nnc1-c1cccc(C)c1. The summed E-state index contributed by atoms with van der Waals surface area (Å²) in [4.78, 5) is 12.3. The van der Waals surface area contributed by atoms with Gasteiger partial charge in [-0.05, 0) is 25.8 Å². The Morgan fingerprint density at radius 1 is 1.35 bits per heavy atom. The summed E-state index contributed by atoms with van der Waals surface area (Å²) >= 11 is 1.43. The summed E-state index contributed by atoms with van der Waals surface area (Å²) in [5, 5.41) is 12.6. The fraction of sp³-hybridized carbons (Fsp3) is 0.450. The summed E-state index contributed by atoms with van der Waals surface area (Å²) in [6.45, 7) is 6.51. The molecule has 0 bridgehead atoms. The van der Waals surface area contributed by atoms with E-state index in [1.807, 2.05) is 22.8 Å². The summed E-state index contributed by atoms with van der Waals surface area (Å²) in [7, 11) is 0. The number of aromatic nitrogens is 3. The van der Waals surface area contributed by atoms with Crippen molar-refractivity contribution in [3.05, 3.63) is 42.5 Å². The molecule has 1 saturated carbocycles. The van der Waals surface area contributed by atoms with Gasteiger partial charge in [-0.15, -0.1) is 16.8 Å². The number of rotatable bonds is 7.